The van der Waals surface area contributed by atoms with E-state index in [-0.39, 0.29) is 23.8 Å². The van der Waals surface area contributed by atoms with Crippen molar-refractivity contribution < 1.29 is 34.2 Å². The standard InChI is InChI=1S/C16H15N3O7S2/c1-7(20)26-5-8-6-28-15-11(14(22)19(15)12(8)16(23)24)17-13(21)10(18-25)9-3-2-4-27-9/h2-4,11,15,25H,5-6H2,1H3,(H,17,21)(H,23,24)/t11-,15-/m1/s1. The first-order valence-corrected chi connectivity index (χ1v) is 9.88. The Kier molecular flexibility index (Phi) is 5.70. The Hall–Kier alpha value is -2.86. The van der Waals surface area contributed by atoms with Gasteiger partial charge in [0.25, 0.3) is 11.8 Å². The number of amides is 2. The van der Waals surface area contributed by atoms with Crippen molar-refractivity contribution in [2.45, 2.75) is 18.3 Å². The third-order valence-electron chi connectivity index (χ3n) is 4.06. The molecule has 2 aliphatic rings. The monoisotopic (exact) mass is 425 g/mol. The Morgan fingerprint density at radius 2 is 2.18 bits per heavy atom. The average Bonchev–Trinajstić information content (AvgIpc) is 3.18. The van der Waals surface area contributed by atoms with Gasteiger partial charge in [-0.3, -0.25) is 19.3 Å². The van der Waals surface area contributed by atoms with Crippen LogP contribution in [-0.4, -0.2) is 68.5 Å². The van der Waals surface area contributed by atoms with Crippen LogP contribution in [-0.2, 0) is 23.9 Å². The summed E-state index contributed by atoms with van der Waals surface area (Å²) in [5.74, 6) is -3.00. The molecule has 0 unspecified atom stereocenters. The van der Waals surface area contributed by atoms with Crippen molar-refractivity contribution in [3.05, 3.63) is 33.7 Å². The molecule has 2 aliphatic heterocycles. The number of carbonyl (C=O) groups is 4. The van der Waals surface area contributed by atoms with Crippen LogP contribution < -0.4 is 5.32 Å². The van der Waals surface area contributed by atoms with Crippen LogP contribution in [0.2, 0.25) is 0 Å². The lowest BCUT2D eigenvalue weighted by molar-refractivity contribution is -0.150. The number of thioether (sulfide) groups is 1. The van der Waals surface area contributed by atoms with E-state index in [1.807, 2.05) is 0 Å². The molecule has 12 heteroatoms. The Bertz CT molecular complexity index is 894. The van der Waals surface area contributed by atoms with Crippen molar-refractivity contribution in [2.24, 2.45) is 5.16 Å². The third kappa shape index (κ3) is 3.60. The maximum absolute atomic E-state index is 12.5. The van der Waals surface area contributed by atoms with E-state index in [1.165, 1.54) is 30.0 Å². The molecule has 1 saturated heterocycles. The molecule has 1 aromatic heterocycles. The topological polar surface area (TPSA) is 146 Å². The highest BCUT2D eigenvalue weighted by Crippen LogP contribution is 2.40. The summed E-state index contributed by atoms with van der Waals surface area (Å²) in [4.78, 5) is 49.0. The average molecular weight is 425 g/mol. The van der Waals surface area contributed by atoms with Crippen molar-refractivity contribution in [2.75, 3.05) is 12.4 Å². The van der Waals surface area contributed by atoms with Crippen LogP contribution >= 0.6 is 23.1 Å². The molecule has 0 radical (unpaired) electrons. The van der Waals surface area contributed by atoms with E-state index in [2.05, 4.69) is 10.5 Å². The first-order valence-electron chi connectivity index (χ1n) is 7.95. The summed E-state index contributed by atoms with van der Waals surface area (Å²) in [6.45, 7) is 0.977. The van der Waals surface area contributed by atoms with Gasteiger partial charge in [0.1, 0.15) is 23.7 Å². The summed E-state index contributed by atoms with van der Waals surface area (Å²) in [5.41, 5.74) is -0.167. The number of aliphatic carboxylic acids is 1. The highest BCUT2D eigenvalue weighted by molar-refractivity contribution is 8.00. The van der Waals surface area contributed by atoms with E-state index in [1.54, 1.807) is 17.5 Å². The number of carboxylic acids is 1. The molecule has 0 saturated carbocycles. The number of fused-ring (bicyclic) bond motifs is 1. The van der Waals surface area contributed by atoms with Crippen LogP contribution in [0.4, 0.5) is 0 Å². The molecule has 3 rings (SSSR count). The zero-order valence-electron chi connectivity index (χ0n) is 14.4. The molecular weight excluding hydrogens is 410 g/mol. The number of hydrogen-bond acceptors (Lipinski definition) is 9. The summed E-state index contributed by atoms with van der Waals surface area (Å²) in [5, 5.41) is 25.2. The zero-order valence-corrected chi connectivity index (χ0v) is 16.1. The molecule has 1 aromatic rings. The van der Waals surface area contributed by atoms with Gasteiger partial charge >= 0.3 is 11.9 Å². The fourth-order valence-electron chi connectivity index (χ4n) is 2.81. The van der Waals surface area contributed by atoms with Crippen LogP contribution in [0.15, 0.2) is 33.9 Å². The Balaban J connectivity index is 1.76. The first-order chi connectivity index (χ1) is 13.3. The van der Waals surface area contributed by atoms with Crippen molar-refractivity contribution >= 4 is 52.6 Å². The molecule has 10 nitrogen and oxygen atoms in total. The predicted octanol–water partition coefficient (Wildman–Crippen LogP) is 0.228. The van der Waals surface area contributed by atoms with E-state index in [9.17, 15) is 24.3 Å². The summed E-state index contributed by atoms with van der Waals surface area (Å²) in [7, 11) is 0. The number of hydrogen-bond donors (Lipinski definition) is 3. The number of ether oxygens (including phenoxy) is 1. The third-order valence-corrected chi connectivity index (χ3v) is 6.27. The van der Waals surface area contributed by atoms with Gasteiger partial charge in [-0.2, -0.15) is 0 Å². The lowest BCUT2D eigenvalue weighted by Gasteiger charge is -2.49. The molecule has 0 aliphatic carbocycles. The first kappa shape index (κ1) is 19.9. The summed E-state index contributed by atoms with van der Waals surface area (Å²) < 4.78 is 4.86. The molecule has 1 fully saturated rings. The van der Waals surface area contributed by atoms with E-state index in [0.717, 1.165) is 4.90 Å². The minimum atomic E-state index is -1.32. The quantitative estimate of drug-likeness (QED) is 0.193. The van der Waals surface area contributed by atoms with Gasteiger partial charge in [0.15, 0.2) is 5.71 Å². The summed E-state index contributed by atoms with van der Waals surface area (Å²) in [6.07, 6.45) is 0. The lowest BCUT2D eigenvalue weighted by atomic mass is 10.0. The molecular formula is C16H15N3O7S2. The van der Waals surface area contributed by atoms with Crippen LogP contribution in [0.25, 0.3) is 0 Å². The molecule has 3 heterocycles. The highest BCUT2D eigenvalue weighted by Gasteiger charge is 2.54. The number of carboxylic acid groups (broad SMARTS) is 1. The molecule has 0 spiro atoms. The lowest BCUT2D eigenvalue weighted by Crippen LogP contribution is -2.71. The Labute approximate surface area is 166 Å². The van der Waals surface area contributed by atoms with Gasteiger partial charge in [-0.1, -0.05) is 11.2 Å². The number of β-lactam (4-membered cyclic amide) rings is 1. The Morgan fingerprint density at radius 3 is 2.75 bits per heavy atom. The van der Waals surface area contributed by atoms with Gasteiger partial charge in [0.05, 0.1) is 4.88 Å². The van der Waals surface area contributed by atoms with Crippen LogP contribution in [0.1, 0.15) is 11.8 Å². The van der Waals surface area contributed by atoms with Crippen LogP contribution in [0, 0.1) is 0 Å². The number of thiophene rings is 1. The van der Waals surface area contributed by atoms with Gasteiger partial charge in [-0.15, -0.1) is 23.1 Å². The van der Waals surface area contributed by atoms with Gasteiger partial charge in [0, 0.05) is 18.2 Å². The number of nitrogens with one attached hydrogen (secondary N) is 1. The number of carbonyl (C=O) groups excluding carboxylic acids is 3. The van der Waals surface area contributed by atoms with Crippen LogP contribution in [0.3, 0.4) is 0 Å². The number of nitrogens with zero attached hydrogens (tertiary/aromatic N) is 2. The van der Waals surface area contributed by atoms with Gasteiger partial charge < -0.3 is 20.4 Å². The number of esters is 1. The summed E-state index contributed by atoms with van der Waals surface area (Å²) in [6, 6.07) is 2.31. The zero-order chi connectivity index (χ0) is 20.4. The van der Waals surface area contributed by atoms with E-state index < -0.39 is 35.2 Å². The predicted molar refractivity (Wildman–Crippen MR) is 99.0 cm³/mol. The van der Waals surface area contributed by atoms with Crippen molar-refractivity contribution in [1.82, 2.24) is 10.2 Å². The fraction of sp³-hybridized carbons (Fsp3) is 0.312. The maximum Gasteiger partial charge on any atom is 0.352 e. The van der Waals surface area contributed by atoms with Crippen molar-refractivity contribution in [1.29, 1.82) is 0 Å². The summed E-state index contributed by atoms with van der Waals surface area (Å²) >= 11 is 2.44. The molecule has 2 atom stereocenters. The van der Waals surface area contributed by atoms with Crippen molar-refractivity contribution in [3.8, 4) is 0 Å². The van der Waals surface area contributed by atoms with E-state index in [4.69, 9.17) is 9.94 Å². The molecule has 0 aromatic carbocycles. The molecule has 3 N–H and O–H groups in total. The normalized spacial score (nSPS) is 21.7. The second kappa shape index (κ2) is 8.02. The van der Waals surface area contributed by atoms with Gasteiger partial charge in [0.2, 0.25) is 0 Å². The van der Waals surface area contributed by atoms with Gasteiger partial charge in [-0.25, -0.2) is 4.79 Å². The Morgan fingerprint density at radius 1 is 1.43 bits per heavy atom. The van der Waals surface area contributed by atoms with E-state index in [0.29, 0.717) is 10.5 Å². The maximum atomic E-state index is 12.5. The number of oxime groups is 1. The van der Waals surface area contributed by atoms with Crippen molar-refractivity contribution in [3.63, 3.8) is 0 Å². The van der Waals surface area contributed by atoms with Gasteiger partial charge in [-0.05, 0) is 11.4 Å². The molecule has 148 valence electrons. The SMILES string of the molecule is CC(=O)OCC1=C(C(=O)O)N2C(=O)[C@@H](NC(=O)C(=NO)c3cccs3)[C@H]2SC1. The second-order valence-corrected chi connectivity index (χ2v) is 7.88. The van der Waals surface area contributed by atoms with Crippen LogP contribution in [0.5, 0.6) is 0 Å². The minimum absolute atomic E-state index is 0.224. The molecule has 2 amide bonds. The second-order valence-electron chi connectivity index (χ2n) is 5.82. The number of rotatable bonds is 6. The minimum Gasteiger partial charge on any atom is -0.477 e. The van der Waals surface area contributed by atoms with E-state index >= 15 is 0 Å². The molecule has 28 heavy (non-hydrogen) atoms. The largest absolute Gasteiger partial charge is 0.477 e. The smallest absolute Gasteiger partial charge is 0.352 e. The molecule has 0 bridgehead atoms. The highest BCUT2D eigenvalue weighted by atomic mass is 32.2. The fourth-order valence-corrected chi connectivity index (χ4v) is 4.85.